The molecule has 0 amide bonds. The third-order valence-corrected chi connectivity index (χ3v) is 2.06. The Labute approximate surface area is 102 Å². The molecular weight excluding hydrogens is 282 g/mol. The van der Waals surface area contributed by atoms with E-state index in [0.717, 1.165) is 0 Å². The normalized spacial score (nSPS) is 12.6. The number of aliphatic hydroxyl groups excluding tert-OH is 1. The monoisotopic (exact) mass is 290 g/mol. The van der Waals surface area contributed by atoms with Crippen LogP contribution in [-0.2, 0) is 19.3 Å². The van der Waals surface area contributed by atoms with E-state index in [-0.39, 0.29) is 6.07 Å². The molecule has 0 aromatic carbocycles. The van der Waals surface area contributed by atoms with Gasteiger partial charge in [0.15, 0.2) is 0 Å². The molecule has 0 fully saturated rings. The molecule has 19 heavy (non-hydrogen) atoms. The van der Waals surface area contributed by atoms with Crippen molar-refractivity contribution in [3.05, 3.63) is 22.9 Å². The Hall–Kier alpha value is -1.55. The molecule has 0 saturated carbocycles. The van der Waals surface area contributed by atoms with Crippen molar-refractivity contribution in [1.82, 2.24) is 4.98 Å². The van der Waals surface area contributed by atoms with Crippen molar-refractivity contribution in [3.63, 3.8) is 0 Å². The number of nitrogens with zero attached hydrogens (tertiary/aromatic N) is 1. The number of nitrogens with two attached hydrogens (primary N) is 1. The number of ether oxygens (including phenoxy) is 1. The summed E-state index contributed by atoms with van der Waals surface area (Å²) >= 11 is 0. The van der Waals surface area contributed by atoms with Crippen LogP contribution in [0.1, 0.15) is 16.8 Å². The molecule has 4 nitrogen and oxygen atoms in total. The van der Waals surface area contributed by atoms with Gasteiger partial charge in [0.25, 0.3) is 0 Å². The van der Waals surface area contributed by atoms with Gasteiger partial charge in [0, 0.05) is 18.2 Å². The lowest BCUT2D eigenvalue weighted by molar-refractivity contribution is -0.276. The highest BCUT2D eigenvalue weighted by molar-refractivity contribution is 5.37. The van der Waals surface area contributed by atoms with E-state index in [1.54, 1.807) is 0 Å². The molecule has 1 aromatic rings. The van der Waals surface area contributed by atoms with Crippen LogP contribution in [0.4, 0.5) is 26.3 Å². The zero-order valence-corrected chi connectivity index (χ0v) is 9.14. The fourth-order valence-electron chi connectivity index (χ4n) is 1.37. The smallest absolute Gasteiger partial charge is 0.392 e. The first-order valence-corrected chi connectivity index (χ1v) is 4.75. The SMILES string of the molecule is NCc1nc(OC(F)(F)F)cc(C(F)(F)F)c1CO. The molecule has 0 aliphatic carbocycles. The Morgan fingerprint density at radius 3 is 2.16 bits per heavy atom. The van der Waals surface area contributed by atoms with E-state index in [9.17, 15) is 26.3 Å². The van der Waals surface area contributed by atoms with E-state index in [2.05, 4.69) is 9.72 Å². The highest BCUT2D eigenvalue weighted by Crippen LogP contribution is 2.36. The zero-order chi connectivity index (χ0) is 14.8. The number of halogens is 6. The maximum Gasteiger partial charge on any atom is 0.574 e. The van der Waals surface area contributed by atoms with E-state index in [4.69, 9.17) is 10.8 Å². The fourth-order valence-corrected chi connectivity index (χ4v) is 1.37. The quantitative estimate of drug-likeness (QED) is 0.835. The molecule has 0 unspecified atom stereocenters. The number of aromatic nitrogens is 1. The Kier molecular flexibility index (Phi) is 4.25. The van der Waals surface area contributed by atoms with E-state index >= 15 is 0 Å². The lowest BCUT2D eigenvalue weighted by Crippen LogP contribution is -2.21. The molecule has 1 heterocycles. The minimum Gasteiger partial charge on any atom is -0.392 e. The lowest BCUT2D eigenvalue weighted by atomic mass is 10.1. The van der Waals surface area contributed by atoms with E-state index in [1.807, 2.05) is 0 Å². The summed E-state index contributed by atoms with van der Waals surface area (Å²) in [4.78, 5) is 3.19. The van der Waals surface area contributed by atoms with Crippen molar-refractivity contribution in [3.8, 4) is 5.88 Å². The van der Waals surface area contributed by atoms with Gasteiger partial charge in [-0.3, -0.25) is 0 Å². The second-order valence-electron chi connectivity index (χ2n) is 3.34. The largest absolute Gasteiger partial charge is 0.574 e. The van der Waals surface area contributed by atoms with E-state index < -0.39 is 48.4 Å². The highest BCUT2D eigenvalue weighted by Gasteiger charge is 2.38. The van der Waals surface area contributed by atoms with Crippen molar-refractivity contribution in [2.75, 3.05) is 0 Å². The van der Waals surface area contributed by atoms with Crippen LogP contribution in [0.25, 0.3) is 0 Å². The highest BCUT2D eigenvalue weighted by atomic mass is 19.4. The molecule has 0 bridgehead atoms. The van der Waals surface area contributed by atoms with Gasteiger partial charge in [0.2, 0.25) is 5.88 Å². The average molecular weight is 290 g/mol. The molecule has 1 aromatic heterocycles. The maximum atomic E-state index is 12.6. The summed E-state index contributed by atoms with van der Waals surface area (Å²) in [5, 5.41) is 8.86. The van der Waals surface area contributed by atoms with Gasteiger partial charge in [-0.2, -0.15) is 13.2 Å². The topological polar surface area (TPSA) is 68.4 Å². The minimum absolute atomic E-state index is 0.0677. The molecule has 0 spiro atoms. The van der Waals surface area contributed by atoms with Gasteiger partial charge < -0.3 is 15.6 Å². The predicted octanol–water partition coefficient (Wildman–Crippen LogP) is 1.95. The summed E-state index contributed by atoms with van der Waals surface area (Å²) in [5.74, 6) is -1.28. The first-order chi connectivity index (χ1) is 8.58. The molecule has 0 aliphatic rings. The third kappa shape index (κ3) is 3.96. The van der Waals surface area contributed by atoms with Gasteiger partial charge in [-0.15, -0.1) is 13.2 Å². The van der Waals surface area contributed by atoms with Gasteiger partial charge >= 0.3 is 12.5 Å². The first kappa shape index (κ1) is 15.5. The van der Waals surface area contributed by atoms with Crippen molar-refractivity contribution in [1.29, 1.82) is 0 Å². The number of rotatable bonds is 3. The average Bonchev–Trinajstić information content (AvgIpc) is 2.24. The van der Waals surface area contributed by atoms with Crippen LogP contribution in [0, 0.1) is 0 Å². The molecule has 0 aliphatic heterocycles. The summed E-state index contributed by atoms with van der Waals surface area (Å²) in [7, 11) is 0. The van der Waals surface area contributed by atoms with Crippen molar-refractivity contribution >= 4 is 0 Å². The van der Waals surface area contributed by atoms with Gasteiger partial charge in [-0.1, -0.05) is 0 Å². The fraction of sp³-hybridized carbons (Fsp3) is 0.444. The summed E-state index contributed by atoms with van der Waals surface area (Å²) < 4.78 is 77.2. The van der Waals surface area contributed by atoms with Crippen LogP contribution in [0.3, 0.4) is 0 Å². The Morgan fingerprint density at radius 2 is 1.79 bits per heavy atom. The molecule has 1 rings (SSSR count). The van der Waals surface area contributed by atoms with Crippen LogP contribution in [0.2, 0.25) is 0 Å². The minimum atomic E-state index is -5.18. The third-order valence-electron chi connectivity index (χ3n) is 2.06. The molecule has 3 N–H and O–H groups in total. The molecule has 0 saturated heterocycles. The van der Waals surface area contributed by atoms with E-state index in [0.29, 0.717) is 0 Å². The summed E-state index contributed by atoms with van der Waals surface area (Å²) in [6.45, 7) is -1.63. The first-order valence-electron chi connectivity index (χ1n) is 4.75. The predicted molar refractivity (Wildman–Crippen MR) is 49.7 cm³/mol. The number of aliphatic hydroxyl groups is 1. The lowest BCUT2D eigenvalue weighted by Gasteiger charge is -2.16. The van der Waals surface area contributed by atoms with Crippen LogP contribution < -0.4 is 10.5 Å². The summed E-state index contributed by atoms with van der Waals surface area (Å²) in [6.07, 6.45) is -10.1. The zero-order valence-electron chi connectivity index (χ0n) is 9.14. The van der Waals surface area contributed by atoms with Gasteiger partial charge in [0.05, 0.1) is 17.9 Å². The molecule has 10 heteroatoms. The number of pyridine rings is 1. The van der Waals surface area contributed by atoms with Crippen LogP contribution in [-0.4, -0.2) is 16.5 Å². The number of hydrogen-bond donors (Lipinski definition) is 2. The van der Waals surface area contributed by atoms with Gasteiger partial charge in [-0.05, 0) is 0 Å². The van der Waals surface area contributed by atoms with Crippen LogP contribution >= 0.6 is 0 Å². The maximum absolute atomic E-state index is 12.6. The van der Waals surface area contributed by atoms with Crippen molar-refractivity contribution < 1.29 is 36.2 Å². The van der Waals surface area contributed by atoms with Gasteiger partial charge in [-0.25, -0.2) is 4.98 Å². The van der Waals surface area contributed by atoms with E-state index in [1.165, 1.54) is 0 Å². The Morgan fingerprint density at radius 1 is 1.21 bits per heavy atom. The number of hydrogen-bond acceptors (Lipinski definition) is 4. The standard InChI is InChI=1S/C9H8F6N2O2/c10-8(11,12)5-1-7(19-9(13,14)15)17-6(2-16)4(5)3-18/h1,18H,2-3,16H2. The Bertz CT molecular complexity index is 457. The second kappa shape index (κ2) is 5.21. The van der Waals surface area contributed by atoms with Crippen LogP contribution in [0.15, 0.2) is 6.07 Å². The van der Waals surface area contributed by atoms with Gasteiger partial charge in [0.1, 0.15) is 0 Å². The number of alkyl halides is 6. The van der Waals surface area contributed by atoms with Crippen LogP contribution in [0.5, 0.6) is 5.88 Å². The van der Waals surface area contributed by atoms with Crippen molar-refractivity contribution in [2.24, 2.45) is 5.73 Å². The molecule has 108 valence electrons. The Balaban J connectivity index is 3.39. The molecular formula is C9H8F6N2O2. The molecule has 0 atom stereocenters. The summed E-state index contributed by atoms with van der Waals surface area (Å²) in [5.41, 5.74) is 2.43. The molecule has 0 radical (unpaired) electrons. The second-order valence-corrected chi connectivity index (χ2v) is 3.34. The van der Waals surface area contributed by atoms with Crippen molar-refractivity contribution in [2.45, 2.75) is 25.7 Å². The summed E-state index contributed by atoms with van der Waals surface area (Å²) in [6, 6.07) is 0.0677.